The zero-order valence-electron chi connectivity index (χ0n) is 16.1. The number of ether oxygens (including phenoxy) is 1. The van der Waals surface area contributed by atoms with Gasteiger partial charge in [0.2, 0.25) is 11.8 Å². The third kappa shape index (κ3) is 6.60. The molecule has 0 fully saturated rings. The van der Waals surface area contributed by atoms with Crippen molar-refractivity contribution in [1.82, 2.24) is 10.6 Å². The lowest BCUT2D eigenvalue weighted by Gasteiger charge is -2.21. The molecule has 2 atom stereocenters. The van der Waals surface area contributed by atoms with E-state index in [4.69, 9.17) is 4.74 Å². The van der Waals surface area contributed by atoms with Crippen LogP contribution in [0.5, 0.6) is 5.75 Å². The number of nitrogens with one attached hydrogen (secondary N) is 2. The van der Waals surface area contributed by atoms with Crippen LogP contribution in [-0.2, 0) is 27.2 Å². The number of hydrogen-bond donors (Lipinski definition) is 3. The van der Waals surface area contributed by atoms with Crippen LogP contribution in [0.1, 0.15) is 18.1 Å². The van der Waals surface area contributed by atoms with Crippen LogP contribution in [-0.4, -0.2) is 42.1 Å². The van der Waals surface area contributed by atoms with Gasteiger partial charge in [0.25, 0.3) is 0 Å². The number of amides is 2. The van der Waals surface area contributed by atoms with Crippen molar-refractivity contribution in [2.75, 3.05) is 7.11 Å². The number of methoxy groups -OCH3 is 1. The third-order valence-electron chi connectivity index (χ3n) is 4.29. The summed E-state index contributed by atoms with van der Waals surface area (Å²) >= 11 is 0. The van der Waals surface area contributed by atoms with Crippen molar-refractivity contribution in [2.45, 2.75) is 31.8 Å². The molecule has 7 nitrogen and oxygen atoms in total. The monoisotopic (exact) mass is 402 g/mol. The molecule has 0 radical (unpaired) electrons. The Morgan fingerprint density at radius 2 is 1.66 bits per heavy atom. The SMILES string of the molecule is COc1ccc(C[C@@H](NC(=O)[C@@H](Cc2ccccc2F)NC(C)=O)C(=O)O)cc1. The molecule has 2 amide bonds. The molecule has 2 aromatic rings. The van der Waals surface area contributed by atoms with Crippen LogP contribution in [0.15, 0.2) is 48.5 Å². The van der Waals surface area contributed by atoms with E-state index in [2.05, 4.69) is 10.6 Å². The molecule has 2 rings (SSSR count). The molecule has 2 aromatic carbocycles. The average Bonchev–Trinajstić information content (AvgIpc) is 2.68. The number of carbonyl (C=O) groups excluding carboxylic acids is 2. The second-order valence-corrected chi connectivity index (χ2v) is 6.50. The van der Waals surface area contributed by atoms with E-state index < -0.39 is 35.7 Å². The lowest BCUT2D eigenvalue weighted by molar-refractivity contribution is -0.142. The summed E-state index contributed by atoms with van der Waals surface area (Å²) in [6.45, 7) is 1.23. The van der Waals surface area contributed by atoms with Crippen molar-refractivity contribution in [3.05, 3.63) is 65.5 Å². The van der Waals surface area contributed by atoms with E-state index in [0.717, 1.165) is 0 Å². The topological polar surface area (TPSA) is 105 Å². The van der Waals surface area contributed by atoms with Crippen LogP contribution >= 0.6 is 0 Å². The summed E-state index contributed by atoms with van der Waals surface area (Å²) in [6, 6.07) is 10.3. The number of aliphatic carboxylic acids is 1. The minimum Gasteiger partial charge on any atom is -0.497 e. The van der Waals surface area contributed by atoms with Gasteiger partial charge in [-0.3, -0.25) is 9.59 Å². The molecule has 3 N–H and O–H groups in total. The average molecular weight is 402 g/mol. The van der Waals surface area contributed by atoms with Crippen molar-refractivity contribution in [3.63, 3.8) is 0 Å². The second-order valence-electron chi connectivity index (χ2n) is 6.50. The summed E-state index contributed by atoms with van der Waals surface area (Å²) in [5.41, 5.74) is 0.923. The number of carboxylic acid groups (broad SMARTS) is 1. The molecule has 0 aliphatic heterocycles. The molecule has 0 saturated carbocycles. The normalized spacial score (nSPS) is 12.5. The first-order chi connectivity index (χ1) is 13.8. The number of hydrogen-bond acceptors (Lipinski definition) is 4. The Bertz CT molecular complexity index is 870. The van der Waals surface area contributed by atoms with Gasteiger partial charge in [0.1, 0.15) is 23.7 Å². The van der Waals surface area contributed by atoms with Gasteiger partial charge in [0.15, 0.2) is 0 Å². The summed E-state index contributed by atoms with van der Waals surface area (Å²) in [6.07, 6.45) is -0.0650. The van der Waals surface area contributed by atoms with Crippen LogP contribution in [0.4, 0.5) is 4.39 Å². The van der Waals surface area contributed by atoms with Gasteiger partial charge < -0.3 is 20.5 Å². The van der Waals surface area contributed by atoms with Gasteiger partial charge in [0, 0.05) is 19.8 Å². The second kappa shape index (κ2) is 10.2. The van der Waals surface area contributed by atoms with Crippen molar-refractivity contribution < 1.29 is 28.6 Å². The Hall–Kier alpha value is -3.42. The van der Waals surface area contributed by atoms with E-state index in [9.17, 15) is 23.9 Å². The lowest BCUT2D eigenvalue weighted by Crippen LogP contribution is -2.52. The van der Waals surface area contributed by atoms with Gasteiger partial charge in [-0.25, -0.2) is 9.18 Å². The Labute approximate surface area is 167 Å². The van der Waals surface area contributed by atoms with E-state index in [0.29, 0.717) is 11.3 Å². The highest BCUT2D eigenvalue weighted by molar-refractivity contribution is 5.90. The summed E-state index contributed by atoms with van der Waals surface area (Å²) in [5.74, 6) is -2.29. The minimum absolute atomic E-state index is 0.0392. The molecular weight excluding hydrogens is 379 g/mol. The van der Waals surface area contributed by atoms with Gasteiger partial charge in [-0.1, -0.05) is 30.3 Å². The molecule has 154 valence electrons. The predicted molar refractivity (Wildman–Crippen MR) is 104 cm³/mol. The van der Waals surface area contributed by atoms with E-state index in [-0.39, 0.29) is 18.4 Å². The summed E-state index contributed by atoms with van der Waals surface area (Å²) in [7, 11) is 1.52. The Morgan fingerprint density at radius 3 is 2.21 bits per heavy atom. The van der Waals surface area contributed by atoms with Crippen LogP contribution in [0.2, 0.25) is 0 Å². The fourth-order valence-corrected chi connectivity index (χ4v) is 2.81. The first-order valence-corrected chi connectivity index (χ1v) is 8.96. The third-order valence-corrected chi connectivity index (χ3v) is 4.29. The smallest absolute Gasteiger partial charge is 0.326 e. The predicted octanol–water partition coefficient (Wildman–Crippen LogP) is 1.69. The Morgan fingerprint density at radius 1 is 1.00 bits per heavy atom. The van der Waals surface area contributed by atoms with Crippen molar-refractivity contribution in [2.24, 2.45) is 0 Å². The van der Waals surface area contributed by atoms with E-state index in [1.54, 1.807) is 30.3 Å². The van der Waals surface area contributed by atoms with Crippen molar-refractivity contribution >= 4 is 17.8 Å². The molecule has 0 heterocycles. The van der Waals surface area contributed by atoms with Gasteiger partial charge in [-0.05, 0) is 29.3 Å². The van der Waals surface area contributed by atoms with Crippen molar-refractivity contribution in [3.8, 4) is 5.75 Å². The molecular formula is C21H23FN2O5. The maximum atomic E-state index is 13.9. The highest BCUT2D eigenvalue weighted by Gasteiger charge is 2.27. The lowest BCUT2D eigenvalue weighted by atomic mass is 10.0. The fourth-order valence-electron chi connectivity index (χ4n) is 2.81. The van der Waals surface area contributed by atoms with E-state index in [1.165, 1.54) is 32.2 Å². The number of benzene rings is 2. The number of carbonyl (C=O) groups is 3. The van der Waals surface area contributed by atoms with E-state index in [1.807, 2.05) is 0 Å². The summed E-state index contributed by atoms with van der Waals surface area (Å²) in [4.78, 5) is 35.8. The van der Waals surface area contributed by atoms with Gasteiger partial charge in [-0.15, -0.1) is 0 Å². The Kier molecular flexibility index (Phi) is 7.70. The molecule has 0 spiro atoms. The van der Waals surface area contributed by atoms with Crippen LogP contribution < -0.4 is 15.4 Å². The summed E-state index contributed by atoms with van der Waals surface area (Å²) in [5, 5.41) is 14.4. The minimum atomic E-state index is -1.22. The highest BCUT2D eigenvalue weighted by atomic mass is 19.1. The van der Waals surface area contributed by atoms with Crippen LogP contribution in [0, 0.1) is 5.82 Å². The van der Waals surface area contributed by atoms with Gasteiger partial charge in [-0.2, -0.15) is 0 Å². The number of carboxylic acids is 1. The van der Waals surface area contributed by atoms with E-state index >= 15 is 0 Å². The number of halogens is 1. The van der Waals surface area contributed by atoms with Gasteiger partial charge in [0.05, 0.1) is 7.11 Å². The molecule has 0 unspecified atom stereocenters. The molecule has 0 bridgehead atoms. The first-order valence-electron chi connectivity index (χ1n) is 8.96. The molecule has 8 heteroatoms. The standard InChI is InChI=1S/C21H23FN2O5/c1-13(25)23-18(12-15-5-3-4-6-17(15)22)20(26)24-19(21(27)28)11-14-7-9-16(29-2)10-8-14/h3-10,18-19H,11-12H2,1-2H3,(H,23,25)(H,24,26)(H,27,28)/t18-,19-/m1/s1. The molecule has 0 aliphatic rings. The largest absolute Gasteiger partial charge is 0.497 e. The summed E-state index contributed by atoms with van der Waals surface area (Å²) < 4.78 is 19.0. The fraction of sp³-hybridized carbons (Fsp3) is 0.286. The molecule has 29 heavy (non-hydrogen) atoms. The first kappa shape index (κ1) is 21.9. The van der Waals surface area contributed by atoms with Crippen molar-refractivity contribution in [1.29, 1.82) is 0 Å². The highest BCUT2D eigenvalue weighted by Crippen LogP contribution is 2.14. The Balaban J connectivity index is 2.13. The van der Waals surface area contributed by atoms with Crippen LogP contribution in [0.3, 0.4) is 0 Å². The quantitative estimate of drug-likeness (QED) is 0.592. The number of rotatable bonds is 9. The molecule has 0 aromatic heterocycles. The molecule has 0 saturated heterocycles. The van der Waals surface area contributed by atoms with Crippen LogP contribution in [0.25, 0.3) is 0 Å². The van der Waals surface area contributed by atoms with Gasteiger partial charge >= 0.3 is 5.97 Å². The zero-order valence-corrected chi connectivity index (χ0v) is 16.1. The maximum absolute atomic E-state index is 13.9. The maximum Gasteiger partial charge on any atom is 0.326 e. The molecule has 0 aliphatic carbocycles. The zero-order chi connectivity index (χ0) is 21.4.